The van der Waals surface area contributed by atoms with Gasteiger partial charge in [0.25, 0.3) is 0 Å². The lowest BCUT2D eigenvalue weighted by atomic mass is 9.92. The SMILES string of the molecule is C[C@H]1NCCC1c1nc2c(cc1C(=O)O)COC2. The van der Waals surface area contributed by atoms with Crippen LogP contribution in [0.5, 0.6) is 0 Å². The van der Waals surface area contributed by atoms with Gasteiger partial charge in [0.15, 0.2) is 0 Å². The molecule has 0 saturated carbocycles. The summed E-state index contributed by atoms with van der Waals surface area (Å²) in [5, 5.41) is 12.7. The summed E-state index contributed by atoms with van der Waals surface area (Å²) in [6.45, 7) is 3.97. The number of nitrogens with one attached hydrogen (secondary N) is 1. The van der Waals surface area contributed by atoms with E-state index in [1.54, 1.807) is 6.07 Å². The van der Waals surface area contributed by atoms with Gasteiger partial charge in [0, 0.05) is 17.5 Å². The highest BCUT2D eigenvalue weighted by Crippen LogP contribution is 2.31. The zero-order valence-electron chi connectivity index (χ0n) is 10.3. The summed E-state index contributed by atoms with van der Waals surface area (Å²) in [7, 11) is 0. The second-order valence-corrected chi connectivity index (χ2v) is 4.96. The Labute approximate surface area is 105 Å². The van der Waals surface area contributed by atoms with E-state index in [0.717, 1.165) is 24.2 Å². The fraction of sp³-hybridized carbons (Fsp3) is 0.538. The summed E-state index contributed by atoms with van der Waals surface area (Å²) in [6.07, 6.45) is 0.939. The van der Waals surface area contributed by atoms with Crippen LogP contribution in [0.2, 0.25) is 0 Å². The molecule has 2 N–H and O–H groups in total. The first-order valence-electron chi connectivity index (χ1n) is 6.24. The topological polar surface area (TPSA) is 71.5 Å². The van der Waals surface area contributed by atoms with Crippen molar-refractivity contribution in [2.75, 3.05) is 6.54 Å². The van der Waals surface area contributed by atoms with Gasteiger partial charge in [0.05, 0.1) is 30.2 Å². The Bertz CT molecular complexity index is 501. The van der Waals surface area contributed by atoms with E-state index in [-0.39, 0.29) is 12.0 Å². The van der Waals surface area contributed by atoms with Gasteiger partial charge in [0.2, 0.25) is 0 Å². The van der Waals surface area contributed by atoms with E-state index in [1.165, 1.54) is 0 Å². The number of hydrogen-bond donors (Lipinski definition) is 2. The highest BCUT2D eigenvalue weighted by atomic mass is 16.5. The first kappa shape index (κ1) is 11.6. The van der Waals surface area contributed by atoms with Crippen molar-refractivity contribution >= 4 is 5.97 Å². The van der Waals surface area contributed by atoms with Gasteiger partial charge in [-0.3, -0.25) is 4.98 Å². The number of carboxylic acid groups (broad SMARTS) is 1. The zero-order chi connectivity index (χ0) is 12.7. The summed E-state index contributed by atoms with van der Waals surface area (Å²) < 4.78 is 5.32. The van der Waals surface area contributed by atoms with Crippen molar-refractivity contribution in [3.8, 4) is 0 Å². The lowest BCUT2D eigenvalue weighted by molar-refractivity contribution is 0.0694. The summed E-state index contributed by atoms with van der Waals surface area (Å²) in [6, 6.07) is 2.01. The minimum absolute atomic E-state index is 0.182. The molecule has 0 spiro atoms. The average Bonchev–Trinajstić information content (AvgIpc) is 2.94. The van der Waals surface area contributed by atoms with Crippen molar-refractivity contribution in [3.63, 3.8) is 0 Å². The monoisotopic (exact) mass is 248 g/mol. The van der Waals surface area contributed by atoms with Crippen molar-refractivity contribution in [2.24, 2.45) is 0 Å². The number of nitrogens with zero attached hydrogens (tertiary/aromatic N) is 1. The molecule has 0 aliphatic carbocycles. The van der Waals surface area contributed by atoms with Gasteiger partial charge in [-0.2, -0.15) is 0 Å². The van der Waals surface area contributed by atoms with Crippen LogP contribution in [0.3, 0.4) is 0 Å². The molecule has 3 heterocycles. The quantitative estimate of drug-likeness (QED) is 0.824. The van der Waals surface area contributed by atoms with E-state index in [2.05, 4.69) is 17.2 Å². The first-order valence-corrected chi connectivity index (χ1v) is 6.24. The fourth-order valence-electron chi connectivity index (χ4n) is 2.80. The third-order valence-electron chi connectivity index (χ3n) is 3.82. The lowest BCUT2D eigenvalue weighted by Crippen LogP contribution is -2.24. The summed E-state index contributed by atoms with van der Waals surface area (Å²) in [4.78, 5) is 15.9. The first-order chi connectivity index (χ1) is 8.66. The summed E-state index contributed by atoms with van der Waals surface area (Å²) >= 11 is 0. The van der Waals surface area contributed by atoms with Gasteiger partial charge in [-0.05, 0) is 26.0 Å². The highest BCUT2D eigenvalue weighted by molar-refractivity contribution is 5.89. The molecule has 5 heteroatoms. The average molecular weight is 248 g/mol. The number of rotatable bonds is 2. The Hall–Kier alpha value is -1.46. The highest BCUT2D eigenvalue weighted by Gasteiger charge is 2.31. The van der Waals surface area contributed by atoms with Crippen LogP contribution in [0, 0.1) is 0 Å². The molecule has 1 fully saturated rings. The van der Waals surface area contributed by atoms with Crippen LogP contribution in [0.25, 0.3) is 0 Å². The smallest absolute Gasteiger partial charge is 0.337 e. The molecule has 0 amide bonds. The van der Waals surface area contributed by atoms with Crippen molar-refractivity contribution < 1.29 is 14.6 Å². The van der Waals surface area contributed by atoms with Gasteiger partial charge < -0.3 is 15.2 Å². The Morgan fingerprint density at radius 1 is 1.56 bits per heavy atom. The molecule has 2 aliphatic rings. The van der Waals surface area contributed by atoms with Gasteiger partial charge in [-0.25, -0.2) is 4.79 Å². The third-order valence-corrected chi connectivity index (χ3v) is 3.82. The predicted octanol–water partition coefficient (Wildman–Crippen LogP) is 1.28. The zero-order valence-corrected chi connectivity index (χ0v) is 10.3. The van der Waals surface area contributed by atoms with Gasteiger partial charge in [-0.15, -0.1) is 0 Å². The number of aromatic nitrogens is 1. The maximum absolute atomic E-state index is 11.4. The number of ether oxygens (including phenoxy) is 1. The number of aromatic carboxylic acids is 1. The van der Waals surface area contributed by atoms with Crippen molar-refractivity contribution in [1.82, 2.24) is 10.3 Å². The number of fused-ring (bicyclic) bond motifs is 1. The Morgan fingerprint density at radius 2 is 2.39 bits per heavy atom. The number of hydrogen-bond acceptors (Lipinski definition) is 4. The van der Waals surface area contributed by atoms with E-state index in [9.17, 15) is 9.90 Å². The van der Waals surface area contributed by atoms with Crippen LogP contribution < -0.4 is 5.32 Å². The molecule has 1 aromatic heterocycles. The van der Waals surface area contributed by atoms with Gasteiger partial charge >= 0.3 is 5.97 Å². The molecule has 0 bridgehead atoms. The molecule has 0 aromatic carbocycles. The molecule has 0 radical (unpaired) electrons. The van der Waals surface area contributed by atoms with Crippen molar-refractivity contribution in [3.05, 3.63) is 28.6 Å². The van der Waals surface area contributed by atoms with Crippen molar-refractivity contribution in [2.45, 2.75) is 38.5 Å². The van der Waals surface area contributed by atoms with E-state index >= 15 is 0 Å². The third kappa shape index (κ3) is 1.79. The Kier molecular flexibility index (Phi) is 2.80. The number of carbonyl (C=O) groups is 1. The van der Waals surface area contributed by atoms with E-state index < -0.39 is 5.97 Å². The molecule has 1 unspecified atom stereocenters. The minimum Gasteiger partial charge on any atom is -0.478 e. The predicted molar refractivity (Wildman–Crippen MR) is 64.5 cm³/mol. The molecule has 18 heavy (non-hydrogen) atoms. The Balaban J connectivity index is 2.09. The maximum Gasteiger partial charge on any atom is 0.337 e. The molecule has 2 aliphatic heterocycles. The van der Waals surface area contributed by atoms with E-state index in [1.807, 2.05) is 0 Å². The number of carboxylic acids is 1. The van der Waals surface area contributed by atoms with Crippen molar-refractivity contribution in [1.29, 1.82) is 0 Å². The molecule has 96 valence electrons. The van der Waals surface area contributed by atoms with E-state index in [4.69, 9.17) is 4.74 Å². The van der Waals surface area contributed by atoms with Crippen LogP contribution in [0.15, 0.2) is 6.07 Å². The molecule has 5 nitrogen and oxygen atoms in total. The second kappa shape index (κ2) is 4.33. The van der Waals surface area contributed by atoms with E-state index in [0.29, 0.717) is 24.5 Å². The molecule has 1 aromatic rings. The molecular formula is C13H16N2O3. The van der Waals surface area contributed by atoms with Crippen LogP contribution in [0.1, 0.15) is 46.6 Å². The minimum atomic E-state index is -0.897. The van der Waals surface area contributed by atoms with Crippen LogP contribution in [-0.2, 0) is 18.0 Å². The lowest BCUT2D eigenvalue weighted by Gasteiger charge is -2.17. The van der Waals surface area contributed by atoms with Gasteiger partial charge in [0.1, 0.15) is 0 Å². The summed E-state index contributed by atoms with van der Waals surface area (Å²) in [5.74, 6) is -0.715. The second-order valence-electron chi connectivity index (χ2n) is 4.96. The Morgan fingerprint density at radius 3 is 3.06 bits per heavy atom. The van der Waals surface area contributed by atoms with Crippen LogP contribution in [-0.4, -0.2) is 28.6 Å². The molecular weight excluding hydrogens is 232 g/mol. The normalized spacial score (nSPS) is 26.3. The largest absolute Gasteiger partial charge is 0.478 e. The molecule has 3 rings (SSSR count). The molecule has 1 saturated heterocycles. The standard InChI is InChI=1S/C13H16N2O3/c1-7-9(2-3-14-7)12-10(13(16)17)4-8-5-18-6-11(8)15-12/h4,7,9,14H,2-3,5-6H2,1H3,(H,16,17)/t7-,9?/m1/s1. The maximum atomic E-state index is 11.4. The summed E-state index contributed by atoms with van der Waals surface area (Å²) in [5.41, 5.74) is 2.85. The van der Waals surface area contributed by atoms with Crippen LogP contribution >= 0.6 is 0 Å². The van der Waals surface area contributed by atoms with Gasteiger partial charge in [-0.1, -0.05) is 0 Å². The fourth-order valence-corrected chi connectivity index (χ4v) is 2.80. The van der Waals surface area contributed by atoms with Crippen LogP contribution in [0.4, 0.5) is 0 Å². The number of pyridine rings is 1. The molecule has 2 atom stereocenters.